The van der Waals surface area contributed by atoms with Crippen LogP contribution in [0.15, 0.2) is 30.5 Å². The maximum atomic E-state index is 10.6. The van der Waals surface area contributed by atoms with Crippen molar-refractivity contribution in [2.45, 2.75) is 18.6 Å². The van der Waals surface area contributed by atoms with Gasteiger partial charge >= 0.3 is 0 Å². The van der Waals surface area contributed by atoms with Crippen LogP contribution in [0.5, 0.6) is 5.75 Å². The summed E-state index contributed by atoms with van der Waals surface area (Å²) in [5, 5.41) is 11.6. The molecule has 1 aliphatic rings. The number of likely N-dealkylation sites (N-methyl/N-ethyl adjacent to an activating group) is 1. The molecule has 0 saturated carbocycles. The number of rotatable bonds is 6. The molecule has 6 heteroatoms. The lowest BCUT2D eigenvalue weighted by atomic mass is 10.0. The fraction of sp³-hybridized carbons (Fsp3) is 0.500. The lowest BCUT2D eigenvalue weighted by molar-refractivity contribution is 0.0241. The van der Waals surface area contributed by atoms with Crippen LogP contribution < -0.4 is 4.74 Å². The van der Waals surface area contributed by atoms with Crippen molar-refractivity contribution in [1.82, 2.24) is 14.8 Å². The number of β-amino-alcohol motifs (C(OH)–C–C–N with tert-alkyl or cyclic N) is 1. The summed E-state index contributed by atoms with van der Waals surface area (Å²) in [6.07, 6.45) is 2.77. The van der Waals surface area contributed by atoms with Gasteiger partial charge in [-0.1, -0.05) is 12.1 Å². The molecule has 3 rings (SSSR count). The summed E-state index contributed by atoms with van der Waals surface area (Å²) in [5.41, 5.74) is 0.486. The van der Waals surface area contributed by atoms with Crippen LogP contribution in [0.25, 0.3) is 10.6 Å². The topological polar surface area (TPSA) is 48.8 Å². The average molecular weight is 347 g/mol. The van der Waals surface area contributed by atoms with Gasteiger partial charge in [0, 0.05) is 42.8 Å². The molecule has 2 aromatic rings. The van der Waals surface area contributed by atoms with Crippen molar-refractivity contribution >= 4 is 11.3 Å². The zero-order valence-corrected chi connectivity index (χ0v) is 15.3. The highest BCUT2D eigenvalue weighted by molar-refractivity contribution is 7.15. The van der Waals surface area contributed by atoms with E-state index < -0.39 is 5.60 Å². The maximum Gasteiger partial charge on any atom is 0.123 e. The van der Waals surface area contributed by atoms with Gasteiger partial charge in [0.25, 0.3) is 0 Å². The minimum atomic E-state index is -0.593. The first-order chi connectivity index (χ1) is 11.5. The molecule has 1 aromatic carbocycles. The Morgan fingerprint density at radius 2 is 2.25 bits per heavy atom. The van der Waals surface area contributed by atoms with Gasteiger partial charge in [-0.3, -0.25) is 4.90 Å². The Morgan fingerprint density at radius 3 is 3.00 bits per heavy atom. The van der Waals surface area contributed by atoms with Crippen LogP contribution in [0.3, 0.4) is 0 Å². The number of ether oxygens (including phenoxy) is 1. The second-order valence-electron chi connectivity index (χ2n) is 6.79. The molecule has 24 heavy (non-hydrogen) atoms. The number of thiazole rings is 1. The normalized spacial score (nSPS) is 21.5. The van der Waals surface area contributed by atoms with Crippen molar-refractivity contribution in [3.63, 3.8) is 0 Å². The summed E-state index contributed by atoms with van der Waals surface area (Å²) >= 11 is 1.71. The molecule has 1 N–H and O–H groups in total. The second kappa shape index (κ2) is 7.19. The summed E-state index contributed by atoms with van der Waals surface area (Å²) in [4.78, 5) is 10.1. The first-order valence-corrected chi connectivity index (χ1v) is 8.98. The molecule has 1 aliphatic heterocycles. The molecule has 5 nitrogen and oxygen atoms in total. The van der Waals surface area contributed by atoms with E-state index in [-0.39, 0.29) is 0 Å². The van der Waals surface area contributed by atoms with Crippen LogP contribution in [0.1, 0.15) is 11.3 Å². The molecule has 0 aliphatic carbocycles. The van der Waals surface area contributed by atoms with Gasteiger partial charge in [-0.25, -0.2) is 4.98 Å². The maximum absolute atomic E-state index is 10.6. The highest BCUT2D eigenvalue weighted by Gasteiger charge is 2.36. The smallest absolute Gasteiger partial charge is 0.123 e. The van der Waals surface area contributed by atoms with Gasteiger partial charge in [0.15, 0.2) is 0 Å². The van der Waals surface area contributed by atoms with Crippen LogP contribution in [0.2, 0.25) is 0 Å². The molecule has 0 amide bonds. The Kier molecular flexibility index (Phi) is 5.20. The van der Waals surface area contributed by atoms with Gasteiger partial charge in [-0.15, -0.1) is 11.3 Å². The number of hydrogen-bond acceptors (Lipinski definition) is 6. The molecule has 1 fully saturated rings. The van der Waals surface area contributed by atoms with Crippen molar-refractivity contribution in [3.05, 3.63) is 35.3 Å². The van der Waals surface area contributed by atoms with E-state index >= 15 is 0 Å². The van der Waals surface area contributed by atoms with E-state index in [0.29, 0.717) is 6.54 Å². The van der Waals surface area contributed by atoms with Gasteiger partial charge in [0.2, 0.25) is 0 Å². The third-order valence-corrected chi connectivity index (χ3v) is 5.30. The predicted octanol–water partition coefficient (Wildman–Crippen LogP) is 2.32. The summed E-state index contributed by atoms with van der Waals surface area (Å²) < 4.78 is 5.28. The van der Waals surface area contributed by atoms with Gasteiger partial charge in [-0.05, 0) is 32.6 Å². The molecule has 2 heterocycles. The van der Waals surface area contributed by atoms with Crippen LogP contribution in [0, 0.1) is 0 Å². The number of methoxy groups -OCH3 is 1. The van der Waals surface area contributed by atoms with E-state index in [0.717, 1.165) is 42.4 Å². The lowest BCUT2D eigenvalue weighted by Crippen LogP contribution is -2.42. The van der Waals surface area contributed by atoms with Gasteiger partial charge in [0.1, 0.15) is 10.8 Å². The number of likely N-dealkylation sites (tertiary alicyclic amines) is 1. The summed E-state index contributed by atoms with van der Waals surface area (Å²) in [5.74, 6) is 0.845. The molecule has 0 radical (unpaired) electrons. The molecular formula is C18H25N3O2S. The first kappa shape index (κ1) is 17.4. The molecule has 0 spiro atoms. The Bertz CT molecular complexity index is 688. The third kappa shape index (κ3) is 4.13. The minimum absolute atomic E-state index is 0.593. The Hall–Kier alpha value is -1.47. The van der Waals surface area contributed by atoms with Crippen LogP contribution >= 0.6 is 11.3 Å². The zero-order chi connectivity index (χ0) is 17.2. The first-order valence-electron chi connectivity index (χ1n) is 8.16. The SMILES string of the molecule is COc1cccc(-c2ncc(CN3CCC(O)(CN(C)C)C3)s2)c1. The van der Waals surface area contributed by atoms with E-state index in [1.54, 1.807) is 18.4 Å². The Labute approximate surface area is 147 Å². The fourth-order valence-electron chi connectivity index (χ4n) is 3.28. The highest BCUT2D eigenvalue weighted by atomic mass is 32.1. The summed E-state index contributed by atoms with van der Waals surface area (Å²) in [6, 6.07) is 7.98. The largest absolute Gasteiger partial charge is 0.497 e. The minimum Gasteiger partial charge on any atom is -0.497 e. The highest BCUT2D eigenvalue weighted by Crippen LogP contribution is 2.30. The third-order valence-electron chi connectivity index (χ3n) is 4.27. The van der Waals surface area contributed by atoms with Crippen molar-refractivity contribution in [2.75, 3.05) is 40.8 Å². The molecule has 1 unspecified atom stereocenters. The zero-order valence-electron chi connectivity index (χ0n) is 14.5. The number of aromatic nitrogens is 1. The molecular weight excluding hydrogens is 322 g/mol. The number of benzene rings is 1. The van der Waals surface area contributed by atoms with Crippen LogP contribution in [-0.2, 0) is 6.54 Å². The van der Waals surface area contributed by atoms with E-state index in [1.807, 2.05) is 38.5 Å². The molecule has 1 saturated heterocycles. The van der Waals surface area contributed by atoms with Gasteiger partial charge < -0.3 is 14.7 Å². The van der Waals surface area contributed by atoms with E-state index in [9.17, 15) is 5.11 Å². The molecule has 130 valence electrons. The predicted molar refractivity (Wildman–Crippen MR) is 97.5 cm³/mol. The van der Waals surface area contributed by atoms with Crippen LogP contribution in [0.4, 0.5) is 0 Å². The standard InChI is InChI=1S/C18H25N3O2S/c1-20(2)12-18(22)7-8-21(13-18)11-16-10-19-17(24-16)14-5-4-6-15(9-14)23-3/h4-6,9-10,22H,7-8,11-13H2,1-3H3. The number of hydrogen-bond donors (Lipinski definition) is 1. The van der Waals surface area contributed by atoms with Gasteiger partial charge in [0.05, 0.1) is 12.7 Å². The number of nitrogens with zero attached hydrogens (tertiary/aromatic N) is 3. The molecule has 1 atom stereocenters. The average Bonchev–Trinajstić information content (AvgIpc) is 3.14. The second-order valence-corrected chi connectivity index (χ2v) is 7.90. The summed E-state index contributed by atoms with van der Waals surface area (Å²) in [7, 11) is 5.68. The lowest BCUT2D eigenvalue weighted by Gasteiger charge is -2.26. The fourth-order valence-corrected chi connectivity index (χ4v) is 4.23. The van der Waals surface area contributed by atoms with Crippen molar-refractivity contribution in [1.29, 1.82) is 0 Å². The summed E-state index contributed by atoms with van der Waals surface area (Å²) in [6.45, 7) is 3.20. The van der Waals surface area contributed by atoms with Gasteiger partial charge in [-0.2, -0.15) is 0 Å². The van der Waals surface area contributed by atoms with Crippen LogP contribution in [-0.4, -0.2) is 66.3 Å². The van der Waals surface area contributed by atoms with Crippen molar-refractivity contribution in [3.8, 4) is 16.3 Å². The molecule has 0 bridgehead atoms. The number of aliphatic hydroxyl groups is 1. The molecule has 1 aromatic heterocycles. The monoisotopic (exact) mass is 347 g/mol. The van der Waals surface area contributed by atoms with E-state index in [1.165, 1.54) is 4.88 Å². The van der Waals surface area contributed by atoms with E-state index in [2.05, 4.69) is 20.9 Å². The Morgan fingerprint density at radius 1 is 1.42 bits per heavy atom. The van der Waals surface area contributed by atoms with E-state index in [4.69, 9.17) is 4.74 Å². The Balaban J connectivity index is 1.64. The van der Waals surface area contributed by atoms with Crippen molar-refractivity contribution in [2.24, 2.45) is 0 Å². The quantitative estimate of drug-likeness (QED) is 0.869. The van der Waals surface area contributed by atoms with Crippen molar-refractivity contribution < 1.29 is 9.84 Å².